The van der Waals surface area contributed by atoms with Crippen LogP contribution < -0.4 is 5.69 Å². The predicted octanol–water partition coefficient (Wildman–Crippen LogP) is 2.03. The van der Waals surface area contributed by atoms with Crippen LogP contribution in [0.25, 0.3) is 10.9 Å². The fourth-order valence-electron chi connectivity index (χ4n) is 3.87. The van der Waals surface area contributed by atoms with E-state index in [1.807, 2.05) is 13.1 Å². The topological polar surface area (TPSA) is 78.9 Å². The van der Waals surface area contributed by atoms with Gasteiger partial charge in [-0.2, -0.15) is 5.10 Å². The van der Waals surface area contributed by atoms with E-state index < -0.39 is 0 Å². The van der Waals surface area contributed by atoms with Gasteiger partial charge in [-0.05, 0) is 30.4 Å². The van der Waals surface area contributed by atoms with Crippen molar-refractivity contribution in [3.63, 3.8) is 0 Å². The summed E-state index contributed by atoms with van der Waals surface area (Å²) in [7, 11) is 1.74. The number of aromatic nitrogens is 4. The summed E-state index contributed by atoms with van der Waals surface area (Å²) in [6.45, 7) is 4.18. The number of ether oxygens (including phenoxy) is 1. The maximum atomic E-state index is 12.0. The van der Waals surface area contributed by atoms with Gasteiger partial charge in [0.15, 0.2) is 5.82 Å². The number of hydrogen-bond donors (Lipinski definition) is 2. The molecule has 2 aromatic heterocycles. The van der Waals surface area contributed by atoms with E-state index in [1.165, 1.54) is 10.9 Å². The summed E-state index contributed by atoms with van der Waals surface area (Å²) in [5.74, 6) is 0.797. The monoisotopic (exact) mass is 341 g/mol. The van der Waals surface area contributed by atoms with Gasteiger partial charge in [0.05, 0.1) is 12.1 Å². The number of para-hydroxylation sites is 1. The van der Waals surface area contributed by atoms with Gasteiger partial charge in [-0.15, -0.1) is 0 Å². The molecule has 0 radical (unpaired) electrons. The number of aromatic amines is 2. The molecule has 132 valence electrons. The molecule has 1 fully saturated rings. The molecule has 25 heavy (non-hydrogen) atoms. The Morgan fingerprint density at radius 3 is 3.04 bits per heavy atom. The first-order chi connectivity index (χ1) is 12.2. The van der Waals surface area contributed by atoms with E-state index in [2.05, 4.69) is 44.3 Å². The second-order valence-electron chi connectivity index (χ2n) is 6.53. The predicted molar refractivity (Wildman–Crippen MR) is 95.4 cm³/mol. The van der Waals surface area contributed by atoms with Crippen molar-refractivity contribution in [3.8, 4) is 0 Å². The Morgan fingerprint density at radius 2 is 2.24 bits per heavy atom. The lowest BCUT2D eigenvalue weighted by Crippen LogP contribution is -2.28. The van der Waals surface area contributed by atoms with Crippen molar-refractivity contribution in [3.05, 3.63) is 52.3 Å². The Kier molecular flexibility index (Phi) is 4.19. The number of rotatable bonds is 5. The van der Waals surface area contributed by atoms with E-state index >= 15 is 0 Å². The molecule has 2 atom stereocenters. The zero-order chi connectivity index (χ0) is 17.4. The van der Waals surface area contributed by atoms with Crippen molar-refractivity contribution in [1.29, 1.82) is 0 Å². The molecular weight excluding hydrogens is 318 g/mol. The molecule has 1 aromatic carbocycles. The number of hydrogen-bond acceptors (Lipinski definition) is 4. The lowest BCUT2D eigenvalue weighted by Gasteiger charge is -2.24. The molecule has 0 spiro atoms. The molecule has 1 aliphatic rings. The Labute approximate surface area is 145 Å². The normalized spacial score (nSPS) is 21.4. The summed E-state index contributed by atoms with van der Waals surface area (Å²) in [6.07, 6.45) is 2.95. The molecule has 0 bridgehead atoms. The molecule has 1 aliphatic heterocycles. The number of H-pyrrole nitrogens is 2. The highest BCUT2D eigenvalue weighted by molar-refractivity contribution is 5.82. The Balaban J connectivity index is 1.68. The first kappa shape index (κ1) is 16.1. The maximum Gasteiger partial charge on any atom is 0.343 e. The summed E-state index contributed by atoms with van der Waals surface area (Å²) in [4.78, 5) is 17.7. The Hall–Kier alpha value is -2.38. The van der Waals surface area contributed by atoms with Gasteiger partial charge in [0.1, 0.15) is 0 Å². The van der Waals surface area contributed by atoms with Crippen LogP contribution in [0, 0.1) is 0 Å². The molecule has 0 aliphatic carbocycles. The highest BCUT2D eigenvalue weighted by Crippen LogP contribution is 2.34. The van der Waals surface area contributed by atoms with Gasteiger partial charge in [0.25, 0.3) is 0 Å². The first-order valence-corrected chi connectivity index (χ1v) is 8.68. The van der Waals surface area contributed by atoms with Gasteiger partial charge in [0, 0.05) is 38.5 Å². The Bertz CT molecular complexity index is 925. The van der Waals surface area contributed by atoms with Crippen LogP contribution in [-0.2, 0) is 17.8 Å². The lowest BCUT2D eigenvalue weighted by atomic mass is 10.1. The zero-order valence-corrected chi connectivity index (χ0v) is 14.5. The van der Waals surface area contributed by atoms with Crippen molar-refractivity contribution in [2.75, 3.05) is 13.7 Å². The molecular formula is C18H23N5O2. The van der Waals surface area contributed by atoms with Gasteiger partial charge in [-0.3, -0.25) is 9.47 Å². The van der Waals surface area contributed by atoms with Crippen LogP contribution in [0.3, 0.4) is 0 Å². The summed E-state index contributed by atoms with van der Waals surface area (Å²) in [5.41, 5.74) is 2.26. The van der Waals surface area contributed by atoms with Crippen molar-refractivity contribution >= 4 is 10.9 Å². The second-order valence-corrected chi connectivity index (χ2v) is 6.53. The quantitative estimate of drug-likeness (QED) is 0.744. The average molecular weight is 341 g/mol. The highest BCUT2D eigenvalue weighted by atomic mass is 16.5. The third-order valence-electron chi connectivity index (χ3n) is 5.15. The summed E-state index contributed by atoms with van der Waals surface area (Å²) < 4.78 is 7.32. The minimum absolute atomic E-state index is 0.0640. The SMILES string of the molecule is CCn1c([C@@H]2C[C@H](OC)CN2Cc2cccc3cc[nH]c23)n[nH]c1=O. The number of fused-ring (bicyclic) bond motifs is 1. The van der Waals surface area contributed by atoms with Crippen molar-refractivity contribution in [2.24, 2.45) is 0 Å². The molecule has 3 heterocycles. The summed E-state index contributed by atoms with van der Waals surface area (Å²) >= 11 is 0. The van der Waals surface area contributed by atoms with Crippen molar-refractivity contribution < 1.29 is 4.74 Å². The fourth-order valence-corrected chi connectivity index (χ4v) is 3.87. The van der Waals surface area contributed by atoms with E-state index in [4.69, 9.17) is 4.74 Å². The fraction of sp³-hybridized carbons (Fsp3) is 0.444. The van der Waals surface area contributed by atoms with Crippen LogP contribution >= 0.6 is 0 Å². The van der Waals surface area contributed by atoms with Gasteiger partial charge >= 0.3 is 5.69 Å². The molecule has 2 N–H and O–H groups in total. The number of nitrogens with one attached hydrogen (secondary N) is 2. The average Bonchev–Trinajstić information content (AvgIpc) is 3.32. The molecule has 7 nitrogen and oxygen atoms in total. The van der Waals surface area contributed by atoms with Crippen LogP contribution in [0.5, 0.6) is 0 Å². The number of benzene rings is 1. The third kappa shape index (κ3) is 2.79. The zero-order valence-electron chi connectivity index (χ0n) is 14.5. The van der Waals surface area contributed by atoms with Crippen molar-refractivity contribution in [1.82, 2.24) is 24.6 Å². The largest absolute Gasteiger partial charge is 0.380 e. The maximum absolute atomic E-state index is 12.0. The summed E-state index contributed by atoms with van der Waals surface area (Å²) in [6, 6.07) is 8.49. The van der Waals surface area contributed by atoms with Crippen molar-refractivity contribution in [2.45, 2.75) is 38.6 Å². The minimum Gasteiger partial charge on any atom is -0.380 e. The van der Waals surface area contributed by atoms with Crippen LogP contribution in [0.1, 0.15) is 30.8 Å². The molecule has 0 amide bonds. The van der Waals surface area contributed by atoms with E-state index in [-0.39, 0.29) is 17.8 Å². The van der Waals surface area contributed by atoms with E-state index in [1.54, 1.807) is 11.7 Å². The molecule has 0 saturated carbocycles. The van der Waals surface area contributed by atoms with Crippen LogP contribution in [0.2, 0.25) is 0 Å². The number of likely N-dealkylation sites (tertiary alicyclic amines) is 1. The van der Waals surface area contributed by atoms with Gasteiger partial charge < -0.3 is 9.72 Å². The van der Waals surface area contributed by atoms with Gasteiger partial charge in [-0.1, -0.05) is 18.2 Å². The minimum atomic E-state index is -0.148. The standard InChI is InChI=1S/C18H23N5O2/c1-3-23-17(20-21-18(23)24)15-9-14(25-2)11-22(15)10-13-6-4-5-12-7-8-19-16(12)13/h4-8,14-15,19H,3,9-11H2,1-2H3,(H,21,24)/t14-,15-/m0/s1. The van der Waals surface area contributed by atoms with Crippen LogP contribution in [0.15, 0.2) is 35.3 Å². The van der Waals surface area contributed by atoms with E-state index in [9.17, 15) is 4.79 Å². The molecule has 0 unspecified atom stereocenters. The van der Waals surface area contributed by atoms with E-state index in [0.29, 0.717) is 6.54 Å². The molecule has 3 aromatic rings. The van der Waals surface area contributed by atoms with Crippen LogP contribution in [0.4, 0.5) is 0 Å². The summed E-state index contributed by atoms with van der Waals surface area (Å²) in [5, 5.41) is 8.10. The smallest absolute Gasteiger partial charge is 0.343 e. The molecule has 1 saturated heterocycles. The van der Waals surface area contributed by atoms with Gasteiger partial charge in [0.2, 0.25) is 0 Å². The number of methoxy groups -OCH3 is 1. The van der Waals surface area contributed by atoms with E-state index in [0.717, 1.165) is 30.9 Å². The second kappa shape index (κ2) is 6.50. The van der Waals surface area contributed by atoms with Gasteiger partial charge in [-0.25, -0.2) is 9.89 Å². The van der Waals surface area contributed by atoms with Crippen LogP contribution in [-0.4, -0.2) is 44.4 Å². The number of nitrogens with zero attached hydrogens (tertiary/aromatic N) is 3. The third-order valence-corrected chi connectivity index (χ3v) is 5.15. The lowest BCUT2D eigenvalue weighted by molar-refractivity contribution is 0.107. The molecule has 4 rings (SSSR count). The highest BCUT2D eigenvalue weighted by Gasteiger charge is 2.36. The molecule has 7 heteroatoms. The Morgan fingerprint density at radius 1 is 1.36 bits per heavy atom. The first-order valence-electron chi connectivity index (χ1n) is 8.68.